The maximum Gasteiger partial charge on any atom is 0.240 e. The van der Waals surface area contributed by atoms with Gasteiger partial charge in [0, 0.05) is 12.1 Å². The summed E-state index contributed by atoms with van der Waals surface area (Å²) < 4.78 is 0. The summed E-state index contributed by atoms with van der Waals surface area (Å²) in [6.07, 6.45) is 2.22. The summed E-state index contributed by atoms with van der Waals surface area (Å²) in [5.41, 5.74) is 4.97. The third kappa shape index (κ3) is 5.09. The van der Waals surface area contributed by atoms with Gasteiger partial charge in [0.2, 0.25) is 11.8 Å². The maximum absolute atomic E-state index is 12.8. The number of rotatable bonds is 7. The first-order valence-corrected chi connectivity index (χ1v) is 9.49. The van der Waals surface area contributed by atoms with Crippen molar-refractivity contribution in [2.45, 2.75) is 83.6 Å². The predicted molar refractivity (Wildman–Crippen MR) is 102 cm³/mol. The summed E-state index contributed by atoms with van der Waals surface area (Å²) in [5, 5.41) is 16.3. The van der Waals surface area contributed by atoms with Crippen molar-refractivity contribution in [2.75, 3.05) is 6.54 Å². The van der Waals surface area contributed by atoms with Crippen LogP contribution in [0.5, 0.6) is 0 Å². The molecule has 0 saturated carbocycles. The zero-order valence-corrected chi connectivity index (χ0v) is 16.6. The van der Waals surface area contributed by atoms with E-state index in [1.165, 1.54) is 0 Å². The van der Waals surface area contributed by atoms with Crippen molar-refractivity contribution in [2.24, 2.45) is 11.7 Å². The van der Waals surface area contributed by atoms with Crippen LogP contribution in [0.2, 0.25) is 0 Å². The Kier molecular flexibility index (Phi) is 6.16. The van der Waals surface area contributed by atoms with E-state index in [0.717, 1.165) is 6.42 Å². The van der Waals surface area contributed by atoms with Gasteiger partial charge in [-0.2, -0.15) is 0 Å². The number of piperazine rings is 1. The molecule has 2 heterocycles. The molecular formula is C18H34N6O2. The van der Waals surface area contributed by atoms with E-state index in [9.17, 15) is 9.59 Å². The SMILES string of the molecule is CC(C)C[C@H]1C2[C@@H](C(=O)NC(C)(C)C)N[C@H](CCCNC(=N)N)C(=O)N21. The number of guanidine groups is 1. The molecule has 0 aromatic rings. The maximum atomic E-state index is 12.8. The molecule has 8 nitrogen and oxygen atoms in total. The lowest BCUT2D eigenvalue weighted by molar-refractivity contribution is -0.133. The van der Waals surface area contributed by atoms with Crippen molar-refractivity contribution >= 4 is 17.8 Å². The van der Waals surface area contributed by atoms with Crippen LogP contribution >= 0.6 is 0 Å². The largest absolute Gasteiger partial charge is 0.370 e. The van der Waals surface area contributed by atoms with Crippen LogP contribution in [-0.2, 0) is 9.59 Å². The van der Waals surface area contributed by atoms with Crippen LogP contribution in [0.15, 0.2) is 0 Å². The molecule has 0 aromatic heterocycles. The molecule has 2 fully saturated rings. The summed E-state index contributed by atoms with van der Waals surface area (Å²) in [6.45, 7) is 10.7. The Hall–Kier alpha value is -1.83. The van der Waals surface area contributed by atoms with Crippen LogP contribution in [0.4, 0.5) is 0 Å². The van der Waals surface area contributed by atoms with E-state index in [1.54, 1.807) is 0 Å². The lowest BCUT2D eigenvalue weighted by Crippen LogP contribution is -2.61. The minimum absolute atomic E-state index is 0.0427. The molecule has 1 unspecified atom stereocenters. The van der Waals surface area contributed by atoms with Crippen LogP contribution in [-0.4, -0.2) is 58.9 Å². The first-order valence-electron chi connectivity index (χ1n) is 9.49. The van der Waals surface area contributed by atoms with E-state index in [1.807, 2.05) is 25.7 Å². The molecule has 4 atom stereocenters. The van der Waals surface area contributed by atoms with Gasteiger partial charge in [-0.3, -0.25) is 20.3 Å². The quantitative estimate of drug-likeness (QED) is 0.190. The predicted octanol–water partition coefficient (Wildman–Crippen LogP) is 0.130. The fraction of sp³-hybridized carbons (Fsp3) is 0.833. The van der Waals surface area contributed by atoms with Gasteiger partial charge in [0.15, 0.2) is 5.96 Å². The number of nitrogens with one attached hydrogen (secondary N) is 4. The average molecular weight is 367 g/mol. The third-order valence-corrected chi connectivity index (χ3v) is 4.74. The first kappa shape index (κ1) is 20.5. The molecular weight excluding hydrogens is 332 g/mol. The number of carbonyl (C=O) groups is 2. The Balaban J connectivity index is 2.04. The number of amides is 2. The van der Waals surface area contributed by atoms with E-state index in [4.69, 9.17) is 11.1 Å². The Morgan fingerprint density at radius 1 is 1.38 bits per heavy atom. The topological polar surface area (TPSA) is 123 Å². The summed E-state index contributed by atoms with van der Waals surface area (Å²) in [5.74, 6) is 0.447. The van der Waals surface area contributed by atoms with Crippen LogP contribution in [0.3, 0.4) is 0 Å². The van der Waals surface area contributed by atoms with Crippen molar-refractivity contribution in [1.82, 2.24) is 20.9 Å². The van der Waals surface area contributed by atoms with E-state index in [-0.39, 0.29) is 47.5 Å². The highest BCUT2D eigenvalue weighted by Gasteiger charge is 2.61. The van der Waals surface area contributed by atoms with Crippen molar-refractivity contribution in [1.29, 1.82) is 5.41 Å². The van der Waals surface area contributed by atoms with E-state index < -0.39 is 0 Å². The molecule has 0 aliphatic carbocycles. The fourth-order valence-electron chi connectivity index (χ4n) is 3.71. The Morgan fingerprint density at radius 3 is 2.58 bits per heavy atom. The highest BCUT2D eigenvalue weighted by Crippen LogP contribution is 2.40. The second-order valence-electron chi connectivity index (χ2n) is 8.85. The van der Waals surface area contributed by atoms with Crippen molar-refractivity contribution in [3.63, 3.8) is 0 Å². The smallest absolute Gasteiger partial charge is 0.240 e. The zero-order chi connectivity index (χ0) is 19.6. The Bertz CT molecular complexity index is 556. The molecule has 2 saturated heterocycles. The van der Waals surface area contributed by atoms with E-state index >= 15 is 0 Å². The van der Waals surface area contributed by atoms with Crippen LogP contribution in [0.25, 0.3) is 0 Å². The monoisotopic (exact) mass is 366 g/mol. The highest BCUT2D eigenvalue weighted by molar-refractivity contribution is 5.93. The van der Waals surface area contributed by atoms with Gasteiger partial charge < -0.3 is 21.3 Å². The lowest BCUT2D eigenvalue weighted by Gasteiger charge is -2.31. The summed E-state index contributed by atoms with van der Waals surface area (Å²) in [6, 6.07) is -0.640. The van der Waals surface area contributed by atoms with Gasteiger partial charge in [0.1, 0.15) is 6.04 Å². The minimum atomic E-state index is -0.374. The number of nitrogens with zero attached hydrogens (tertiary/aromatic N) is 1. The Labute approximate surface area is 156 Å². The van der Waals surface area contributed by atoms with Crippen LogP contribution in [0, 0.1) is 11.3 Å². The summed E-state index contributed by atoms with van der Waals surface area (Å²) in [7, 11) is 0. The van der Waals surface area contributed by atoms with Gasteiger partial charge in [-0.15, -0.1) is 0 Å². The van der Waals surface area contributed by atoms with Crippen LogP contribution in [0.1, 0.15) is 53.9 Å². The first-order chi connectivity index (χ1) is 12.0. The van der Waals surface area contributed by atoms with Crippen molar-refractivity contribution in [3.8, 4) is 0 Å². The molecule has 2 aliphatic rings. The van der Waals surface area contributed by atoms with Gasteiger partial charge in [-0.1, -0.05) is 13.8 Å². The summed E-state index contributed by atoms with van der Waals surface area (Å²) >= 11 is 0. The van der Waals surface area contributed by atoms with E-state index in [0.29, 0.717) is 25.3 Å². The summed E-state index contributed by atoms with van der Waals surface area (Å²) in [4.78, 5) is 27.5. The normalized spacial score (nSPS) is 27.9. The third-order valence-electron chi connectivity index (χ3n) is 4.74. The molecule has 0 bridgehead atoms. The standard InChI is InChI=1S/C18H34N6O2/c1-10(2)9-12-14-13(15(25)23-18(3,4)5)22-11(16(26)24(12)14)7-6-8-21-17(19)20/h10-14,22H,6-9H2,1-5H3,(H,23,25)(H4,19,20,21)/t11-,12+,13+,14?,24?/m1/s1. The molecule has 0 radical (unpaired) electrons. The second-order valence-corrected chi connectivity index (χ2v) is 8.85. The lowest BCUT2D eigenvalue weighted by atomic mass is 9.99. The molecule has 2 amide bonds. The van der Waals surface area contributed by atoms with Gasteiger partial charge in [0.25, 0.3) is 0 Å². The van der Waals surface area contributed by atoms with Gasteiger partial charge in [-0.05, 0) is 46.0 Å². The molecule has 26 heavy (non-hydrogen) atoms. The molecule has 2 rings (SSSR count). The highest BCUT2D eigenvalue weighted by atomic mass is 16.2. The molecule has 0 spiro atoms. The molecule has 148 valence electrons. The minimum Gasteiger partial charge on any atom is -0.370 e. The molecule has 8 heteroatoms. The second kappa shape index (κ2) is 7.82. The van der Waals surface area contributed by atoms with E-state index in [2.05, 4.69) is 29.8 Å². The fourth-order valence-corrected chi connectivity index (χ4v) is 3.71. The zero-order valence-electron chi connectivity index (χ0n) is 16.6. The van der Waals surface area contributed by atoms with Crippen molar-refractivity contribution < 1.29 is 9.59 Å². The number of hydrogen-bond donors (Lipinski definition) is 5. The van der Waals surface area contributed by atoms with Crippen LogP contribution < -0.4 is 21.7 Å². The van der Waals surface area contributed by atoms with Crippen molar-refractivity contribution in [3.05, 3.63) is 0 Å². The van der Waals surface area contributed by atoms with Gasteiger partial charge >= 0.3 is 0 Å². The molecule has 6 N–H and O–H groups in total. The average Bonchev–Trinajstić information content (AvgIpc) is 3.17. The van der Waals surface area contributed by atoms with Gasteiger partial charge in [-0.25, -0.2) is 0 Å². The number of fused-ring (bicyclic) bond motifs is 1. The molecule has 0 aromatic carbocycles. The van der Waals surface area contributed by atoms with Gasteiger partial charge in [0.05, 0.1) is 18.1 Å². The number of hydrogen-bond acceptors (Lipinski definition) is 4. The molecule has 2 aliphatic heterocycles. The number of carbonyl (C=O) groups excluding carboxylic acids is 2. The number of nitrogens with two attached hydrogens (primary N) is 1. The Morgan fingerprint density at radius 2 is 2.04 bits per heavy atom.